The van der Waals surface area contributed by atoms with Gasteiger partial charge in [-0.05, 0) is 37.3 Å². The molecule has 1 atom stereocenters. The first-order valence-electron chi connectivity index (χ1n) is 9.41. The van der Waals surface area contributed by atoms with Gasteiger partial charge in [-0.2, -0.15) is 0 Å². The molecule has 2 amide bonds. The van der Waals surface area contributed by atoms with E-state index in [1.807, 2.05) is 23.1 Å². The van der Waals surface area contributed by atoms with Crippen LogP contribution in [0.15, 0.2) is 18.2 Å². The Balaban J connectivity index is 1.90. The zero-order chi connectivity index (χ0) is 18.9. The molecule has 1 aromatic rings. The second-order valence-electron chi connectivity index (χ2n) is 7.01. The molecule has 1 saturated heterocycles. The number of nitrogens with zero attached hydrogens (tertiary/aromatic N) is 1. The van der Waals surface area contributed by atoms with Crippen molar-refractivity contribution in [1.29, 1.82) is 0 Å². The van der Waals surface area contributed by atoms with E-state index in [-0.39, 0.29) is 12.1 Å². The van der Waals surface area contributed by atoms with Crippen LogP contribution >= 0.6 is 0 Å². The molecule has 146 valence electrons. The normalized spacial score (nSPS) is 16.8. The molecule has 0 saturated carbocycles. The Kier molecular flexibility index (Phi) is 8.04. The van der Waals surface area contributed by atoms with Gasteiger partial charge in [0.1, 0.15) is 11.5 Å². The summed E-state index contributed by atoms with van der Waals surface area (Å²) in [5.74, 6) is 2.05. The molecule has 1 aromatic carbocycles. The van der Waals surface area contributed by atoms with Gasteiger partial charge >= 0.3 is 6.03 Å². The van der Waals surface area contributed by atoms with Crippen LogP contribution in [0.3, 0.4) is 0 Å². The lowest BCUT2D eigenvalue weighted by atomic mass is 10.0. The Morgan fingerprint density at radius 1 is 1.31 bits per heavy atom. The van der Waals surface area contributed by atoms with Gasteiger partial charge in [0.2, 0.25) is 0 Å². The van der Waals surface area contributed by atoms with Crippen molar-refractivity contribution in [3.63, 3.8) is 0 Å². The number of rotatable bonds is 9. The van der Waals surface area contributed by atoms with E-state index in [1.54, 1.807) is 14.2 Å². The van der Waals surface area contributed by atoms with Crippen LogP contribution in [-0.4, -0.2) is 51.5 Å². The zero-order valence-electron chi connectivity index (χ0n) is 16.4. The fourth-order valence-corrected chi connectivity index (χ4v) is 3.22. The highest BCUT2D eigenvalue weighted by Crippen LogP contribution is 2.38. The number of carbonyl (C=O) groups is 1. The van der Waals surface area contributed by atoms with Crippen LogP contribution in [0, 0.1) is 5.92 Å². The van der Waals surface area contributed by atoms with Crippen molar-refractivity contribution < 1.29 is 19.0 Å². The van der Waals surface area contributed by atoms with Gasteiger partial charge in [-0.25, -0.2) is 4.79 Å². The highest BCUT2D eigenvalue weighted by Gasteiger charge is 2.31. The van der Waals surface area contributed by atoms with E-state index in [1.165, 1.54) is 0 Å². The third kappa shape index (κ3) is 5.53. The molecule has 1 aliphatic rings. The zero-order valence-corrected chi connectivity index (χ0v) is 16.4. The van der Waals surface area contributed by atoms with Crippen molar-refractivity contribution >= 4 is 6.03 Å². The maximum absolute atomic E-state index is 12.6. The number of urea groups is 1. The Hall–Kier alpha value is -1.95. The molecule has 26 heavy (non-hydrogen) atoms. The van der Waals surface area contributed by atoms with E-state index in [9.17, 15) is 4.79 Å². The van der Waals surface area contributed by atoms with Crippen molar-refractivity contribution in [2.24, 2.45) is 5.92 Å². The molecule has 6 heteroatoms. The lowest BCUT2D eigenvalue weighted by Gasteiger charge is -2.26. The quantitative estimate of drug-likeness (QED) is 0.680. The minimum Gasteiger partial charge on any atom is -0.497 e. The van der Waals surface area contributed by atoms with E-state index in [2.05, 4.69) is 19.2 Å². The summed E-state index contributed by atoms with van der Waals surface area (Å²) in [6.45, 7) is 7.08. The van der Waals surface area contributed by atoms with Crippen LogP contribution in [0.2, 0.25) is 0 Å². The number of hydrogen-bond donors (Lipinski definition) is 1. The summed E-state index contributed by atoms with van der Waals surface area (Å²) in [4.78, 5) is 14.5. The van der Waals surface area contributed by atoms with Gasteiger partial charge < -0.3 is 24.4 Å². The third-order valence-electron chi connectivity index (χ3n) is 4.51. The molecular formula is C20H32N2O4. The summed E-state index contributed by atoms with van der Waals surface area (Å²) in [6.07, 6.45) is 2.75. The lowest BCUT2D eigenvalue weighted by Crippen LogP contribution is -2.40. The topological polar surface area (TPSA) is 60.0 Å². The molecule has 0 spiro atoms. The van der Waals surface area contributed by atoms with Crippen molar-refractivity contribution in [3.8, 4) is 11.5 Å². The van der Waals surface area contributed by atoms with Gasteiger partial charge in [0.05, 0.1) is 20.3 Å². The van der Waals surface area contributed by atoms with Crippen LogP contribution < -0.4 is 14.8 Å². The maximum atomic E-state index is 12.6. The predicted molar refractivity (Wildman–Crippen MR) is 102 cm³/mol. The number of benzene rings is 1. The van der Waals surface area contributed by atoms with Crippen LogP contribution in [0.4, 0.5) is 4.79 Å². The average Bonchev–Trinajstić information content (AvgIpc) is 3.13. The standard InChI is InChI=1S/C20H32N2O4/c1-15(2)14-26-12-6-10-21-20(23)22-11-5-7-18(22)17-9-8-16(24-3)13-19(17)25-4/h8-9,13,15,18H,5-7,10-12,14H2,1-4H3,(H,21,23). The summed E-state index contributed by atoms with van der Waals surface area (Å²) in [6, 6.07) is 5.80. The summed E-state index contributed by atoms with van der Waals surface area (Å²) < 4.78 is 16.3. The molecule has 0 radical (unpaired) electrons. The van der Waals surface area contributed by atoms with Crippen molar-refractivity contribution in [2.75, 3.05) is 40.5 Å². The summed E-state index contributed by atoms with van der Waals surface area (Å²) >= 11 is 0. The molecule has 1 aliphatic heterocycles. The minimum absolute atomic E-state index is 0.0192. The van der Waals surface area contributed by atoms with E-state index in [4.69, 9.17) is 14.2 Å². The Morgan fingerprint density at radius 2 is 2.12 bits per heavy atom. The maximum Gasteiger partial charge on any atom is 0.317 e. The fraction of sp³-hybridized carbons (Fsp3) is 0.650. The van der Waals surface area contributed by atoms with Crippen LogP contribution in [0.25, 0.3) is 0 Å². The van der Waals surface area contributed by atoms with Gasteiger partial charge in [-0.1, -0.05) is 13.8 Å². The van der Waals surface area contributed by atoms with Gasteiger partial charge in [-0.3, -0.25) is 0 Å². The summed E-state index contributed by atoms with van der Waals surface area (Å²) in [5, 5.41) is 3.01. The number of likely N-dealkylation sites (tertiary alicyclic amines) is 1. The van der Waals surface area contributed by atoms with Gasteiger partial charge in [0.25, 0.3) is 0 Å². The van der Waals surface area contributed by atoms with Crippen molar-refractivity contribution in [3.05, 3.63) is 23.8 Å². The highest BCUT2D eigenvalue weighted by atomic mass is 16.5. The number of nitrogens with one attached hydrogen (secondary N) is 1. The molecule has 1 heterocycles. The molecule has 1 N–H and O–H groups in total. The van der Waals surface area contributed by atoms with E-state index in [0.717, 1.165) is 49.5 Å². The van der Waals surface area contributed by atoms with Crippen LogP contribution in [-0.2, 0) is 4.74 Å². The predicted octanol–water partition coefficient (Wildman–Crippen LogP) is 3.61. The number of ether oxygens (including phenoxy) is 3. The first kappa shape index (κ1) is 20.4. The summed E-state index contributed by atoms with van der Waals surface area (Å²) in [5.41, 5.74) is 1.03. The van der Waals surface area contributed by atoms with Crippen molar-refractivity contribution in [1.82, 2.24) is 10.2 Å². The fourth-order valence-electron chi connectivity index (χ4n) is 3.22. The second-order valence-corrected chi connectivity index (χ2v) is 7.01. The molecule has 0 bridgehead atoms. The molecule has 1 fully saturated rings. The Labute approximate surface area is 156 Å². The van der Waals surface area contributed by atoms with Gasteiger partial charge in [-0.15, -0.1) is 0 Å². The van der Waals surface area contributed by atoms with E-state index < -0.39 is 0 Å². The highest BCUT2D eigenvalue weighted by molar-refractivity contribution is 5.75. The first-order valence-corrected chi connectivity index (χ1v) is 9.41. The van der Waals surface area contributed by atoms with Crippen molar-refractivity contribution in [2.45, 2.75) is 39.2 Å². The monoisotopic (exact) mass is 364 g/mol. The molecule has 6 nitrogen and oxygen atoms in total. The number of carbonyl (C=O) groups excluding carboxylic acids is 1. The number of methoxy groups -OCH3 is 2. The molecule has 0 aliphatic carbocycles. The molecular weight excluding hydrogens is 332 g/mol. The number of hydrogen-bond acceptors (Lipinski definition) is 4. The van der Waals surface area contributed by atoms with Gasteiger partial charge in [0, 0.05) is 37.9 Å². The smallest absolute Gasteiger partial charge is 0.317 e. The van der Waals surface area contributed by atoms with E-state index >= 15 is 0 Å². The Bertz CT molecular complexity index is 577. The molecule has 0 aromatic heterocycles. The van der Waals surface area contributed by atoms with E-state index in [0.29, 0.717) is 19.1 Å². The van der Waals surface area contributed by atoms with Gasteiger partial charge in [0.15, 0.2) is 0 Å². The third-order valence-corrected chi connectivity index (χ3v) is 4.51. The molecule has 1 unspecified atom stereocenters. The molecule has 2 rings (SSSR count). The van der Waals surface area contributed by atoms with Crippen LogP contribution in [0.1, 0.15) is 44.7 Å². The first-order chi connectivity index (χ1) is 12.6. The second kappa shape index (κ2) is 10.3. The SMILES string of the molecule is COc1ccc(C2CCCN2C(=O)NCCCOCC(C)C)c(OC)c1. The Morgan fingerprint density at radius 3 is 2.81 bits per heavy atom. The van der Waals surface area contributed by atoms with Crippen LogP contribution in [0.5, 0.6) is 11.5 Å². The minimum atomic E-state index is -0.0192. The largest absolute Gasteiger partial charge is 0.497 e. The lowest BCUT2D eigenvalue weighted by molar-refractivity contribution is 0.107. The average molecular weight is 364 g/mol. The summed E-state index contributed by atoms with van der Waals surface area (Å²) in [7, 11) is 3.28. The number of amides is 2.